The number of imidazole rings is 1. The molecule has 25 heavy (non-hydrogen) atoms. The Hall–Kier alpha value is -2.45. The number of hydrogen-bond acceptors (Lipinski definition) is 6. The molecule has 8 heteroatoms. The number of anilines is 1. The molecule has 0 radical (unpaired) electrons. The van der Waals surface area contributed by atoms with E-state index in [0.717, 1.165) is 45.5 Å². The van der Waals surface area contributed by atoms with Gasteiger partial charge in [-0.2, -0.15) is 8.75 Å². The van der Waals surface area contributed by atoms with Crippen LogP contribution in [0, 0.1) is 0 Å². The Labute approximate surface area is 152 Å². The van der Waals surface area contributed by atoms with Crippen molar-refractivity contribution in [1.29, 1.82) is 0 Å². The monoisotopic (exact) mass is 369 g/mol. The van der Waals surface area contributed by atoms with E-state index in [1.807, 2.05) is 42.5 Å². The molecule has 0 unspecified atom stereocenters. The van der Waals surface area contributed by atoms with E-state index in [4.69, 9.17) is 0 Å². The average Bonchev–Trinajstić information content (AvgIpc) is 3.24. The van der Waals surface area contributed by atoms with Crippen molar-refractivity contribution in [3.05, 3.63) is 42.5 Å². The van der Waals surface area contributed by atoms with Crippen LogP contribution < -0.4 is 5.32 Å². The number of nitrogens with one attached hydrogen (secondary N) is 1. The predicted octanol–water partition coefficient (Wildman–Crippen LogP) is 3.79. The van der Waals surface area contributed by atoms with Crippen molar-refractivity contribution >= 4 is 57.2 Å². The van der Waals surface area contributed by atoms with Gasteiger partial charge in [-0.3, -0.25) is 4.79 Å². The van der Waals surface area contributed by atoms with Gasteiger partial charge < -0.3 is 9.88 Å². The van der Waals surface area contributed by atoms with E-state index >= 15 is 0 Å². The van der Waals surface area contributed by atoms with Crippen molar-refractivity contribution in [3.8, 4) is 0 Å². The predicted molar refractivity (Wildman–Crippen MR) is 102 cm³/mol. The smallest absolute Gasteiger partial charge is 0.234 e. The molecule has 4 aromatic rings. The van der Waals surface area contributed by atoms with Gasteiger partial charge >= 0.3 is 0 Å². The van der Waals surface area contributed by atoms with Gasteiger partial charge in [-0.25, -0.2) is 4.98 Å². The molecular formula is C17H15N5OS2. The number of hydrogen-bond donors (Lipinski definition) is 1. The van der Waals surface area contributed by atoms with Gasteiger partial charge in [-0.05, 0) is 31.2 Å². The minimum Gasteiger partial charge on any atom is -0.323 e. The van der Waals surface area contributed by atoms with Crippen LogP contribution in [0.1, 0.15) is 6.92 Å². The van der Waals surface area contributed by atoms with E-state index in [1.54, 1.807) is 0 Å². The maximum Gasteiger partial charge on any atom is 0.234 e. The van der Waals surface area contributed by atoms with Crippen LogP contribution >= 0.6 is 23.5 Å². The zero-order chi connectivity index (χ0) is 17.2. The van der Waals surface area contributed by atoms with Crippen molar-refractivity contribution in [1.82, 2.24) is 18.3 Å². The van der Waals surface area contributed by atoms with E-state index in [9.17, 15) is 4.79 Å². The summed E-state index contributed by atoms with van der Waals surface area (Å²) in [5.41, 5.74) is 4.26. The van der Waals surface area contributed by atoms with Crippen LogP contribution in [-0.2, 0) is 11.3 Å². The normalized spacial score (nSPS) is 11.2. The summed E-state index contributed by atoms with van der Waals surface area (Å²) >= 11 is 2.58. The van der Waals surface area contributed by atoms with Crippen LogP contribution in [0.5, 0.6) is 0 Å². The number of para-hydroxylation sites is 2. The number of amides is 1. The van der Waals surface area contributed by atoms with Crippen LogP contribution in [0.15, 0.2) is 47.6 Å². The van der Waals surface area contributed by atoms with Crippen LogP contribution in [0.2, 0.25) is 0 Å². The number of aryl methyl sites for hydroxylation is 1. The van der Waals surface area contributed by atoms with Gasteiger partial charge in [0.1, 0.15) is 11.0 Å². The Kier molecular flexibility index (Phi) is 4.37. The summed E-state index contributed by atoms with van der Waals surface area (Å²) in [5, 5.41) is 3.77. The fourth-order valence-corrected chi connectivity index (χ4v) is 4.12. The summed E-state index contributed by atoms with van der Waals surface area (Å²) < 4.78 is 10.6. The molecule has 0 spiro atoms. The molecule has 0 atom stereocenters. The third kappa shape index (κ3) is 3.10. The minimum atomic E-state index is -0.0831. The van der Waals surface area contributed by atoms with Gasteiger partial charge in [-0.15, -0.1) is 0 Å². The molecule has 1 amide bonds. The molecule has 0 bridgehead atoms. The second kappa shape index (κ2) is 6.81. The van der Waals surface area contributed by atoms with Crippen LogP contribution in [0.3, 0.4) is 0 Å². The quantitative estimate of drug-likeness (QED) is 0.542. The van der Waals surface area contributed by atoms with E-state index in [1.165, 1.54) is 11.8 Å². The topological polar surface area (TPSA) is 72.7 Å². The molecule has 1 N–H and O–H groups in total. The van der Waals surface area contributed by atoms with Crippen LogP contribution in [0.4, 0.5) is 5.69 Å². The molecule has 0 aliphatic carbocycles. The van der Waals surface area contributed by atoms with Gasteiger partial charge in [0.05, 0.1) is 34.2 Å². The first kappa shape index (κ1) is 16.0. The fraction of sp³-hybridized carbons (Fsp3) is 0.176. The maximum absolute atomic E-state index is 12.4. The second-order valence-electron chi connectivity index (χ2n) is 5.40. The summed E-state index contributed by atoms with van der Waals surface area (Å²) in [6, 6.07) is 13.6. The Bertz CT molecular complexity index is 1060. The van der Waals surface area contributed by atoms with Crippen molar-refractivity contribution in [3.63, 3.8) is 0 Å². The number of benzene rings is 2. The molecule has 0 aliphatic heterocycles. The number of rotatable bonds is 5. The number of thioether (sulfide) groups is 1. The van der Waals surface area contributed by atoms with Gasteiger partial charge in [0, 0.05) is 6.54 Å². The van der Waals surface area contributed by atoms with Gasteiger partial charge in [0.2, 0.25) is 5.91 Å². The van der Waals surface area contributed by atoms with Crippen LogP contribution in [0.25, 0.3) is 22.1 Å². The van der Waals surface area contributed by atoms with E-state index in [2.05, 4.69) is 30.5 Å². The summed E-state index contributed by atoms with van der Waals surface area (Å²) in [6.45, 7) is 2.89. The minimum absolute atomic E-state index is 0.0831. The molecule has 2 heterocycles. The first-order valence-electron chi connectivity index (χ1n) is 7.85. The SMILES string of the molecule is CCn1c(SCC(=O)Nc2cccc3nsnc23)nc2ccccc21. The number of fused-ring (bicyclic) bond motifs is 2. The van der Waals surface area contributed by atoms with E-state index in [-0.39, 0.29) is 11.7 Å². The third-order valence-corrected chi connectivity index (χ3v) is 5.35. The molecule has 126 valence electrons. The third-order valence-electron chi connectivity index (χ3n) is 3.83. The molecular weight excluding hydrogens is 354 g/mol. The number of carbonyl (C=O) groups is 1. The molecule has 0 aliphatic rings. The van der Waals surface area contributed by atoms with Crippen molar-refractivity contribution in [2.45, 2.75) is 18.6 Å². The molecule has 6 nitrogen and oxygen atoms in total. The molecule has 0 saturated heterocycles. The first-order chi connectivity index (χ1) is 12.3. The molecule has 4 rings (SSSR count). The largest absolute Gasteiger partial charge is 0.323 e. The van der Waals surface area contributed by atoms with Gasteiger partial charge in [0.25, 0.3) is 0 Å². The van der Waals surface area contributed by atoms with Gasteiger partial charge in [-0.1, -0.05) is 30.0 Å². The lowest BCUT2D eigenvalue weighted by molar-refractivity contribution is -0.113. The van der Waals surface area contributed by atoms with E-state index < -0.39 is 0 Å². The average molecular weight is 369 g/mol. The zero-order valence-corrected chi connectivity index (χ0v) is 15.1. The fourth-order valence-electron chi connectivity index (χ4n) is 2.69. The summed E-state index contributed by atoms with van der Waals surface area (Å²) in [5.74, 6) is 0.206. The summed E-state index contributed by atoms with van der Waals surface area (Å²) in [4.78, 5) is 17.0. The van der Waals surface area contributed by atoms with Crippen molar-refractivity contribution < 1.29 is 4.79 Å². The number of nitrogens with zero attached hydrogens (tertiary/aromatic N) is 4. The maximum atomic E-state index is 12.4. The second-order valence-corrected chi connectivity index (χ2v) is 6.87. The lowest BCUT2D eigenvalue weighted by Crippen LogP contribution is -2.14. The zero-order valence-electron chi connectivity index (χ0n) is 13.5. The first-order valence-corrected chi connectivity index (χ1v) is 9.57. The van der Waals surface area contributed by atoms with Crippen molar-refractivity contribution in [2.24, 2.45) is 0 Å². The Morgan fingerprint density at radius 2 is 2.00 bits per heavy atom. The molecule has 0 saturated carbocycles. The molecule has 2 aromatic carbocycles. The standard InChI is InChI=1S/C17H15N5OS2/c1-2-22-14-9-4-3-6-11(14)19-17(22)24-10-15(23)18-12-7-5-8-13-16(12)21-25-20-13/h3-9H,2,10H2,1H3,(H,18,23). The Morgan fingerprint density at radius 3 is 2.88 bits per heavy atom. The lowest BCUT2D eigenvalue weighted by Gasteiger charge is -2.07. The molecule has 0 fully saturated rings. The summed E-state index contributed by atoms with van der Waals surface area (Å²) in [7, 11) is 0. The van der Waals surface area contributed by atoms with Crippen LogP contribution in [-0.4, -0.2) is 30.0 Å². The summed E-state index contributed by atoms with van der Waals surface area (Å²) in [6.07, 6.45) is 0. The Balaban J connectivity index is 1.50. The molecule has 2 aromatic heterocycles. The lowest BCUT2D eigenvalue weighted by atomic mass is 10.2. The number of carbonyl (C=O) groups excluding carboxylic acids is 1. The highest BCUT2D eigenvalue weighted by Gasteiger charge is 2.13. The Morgan fingerprint density at radius 1 is 1.16 bits per heavy atom. The van der Waals surface area contributed by atoms with E-state index in [0.29, 0.717) is 5.69 Å². The highest BCUT2D eigenvalue weighted by molar-refractivity contribution is 7.99. The van der Waals surface area contributed by atoms with Crippen molar-refractivity contribution in [2.75, 3.05) is 11.1 Å². The highest BCUT2D eigenvalue weighted by Crippen LogP contribution is 2.25. The highest BCUT2D eigenvalue weighted by atomic mass is 32.2. The number of aromatic nitrogens is 4. The van der Waals surface area contributed by atoms with Gasteiger partial charge in [0.15, 0.2) is 5.16 Å².